The zero-order valence-electron chi connectivity index (χ0n) is 5.00. The van der Waals surface area contributed by atoms with Crippen LogP contribution < -0.4 is 0 Å². The SMILES string of the molecule is CCn1ncc(O)c1Cl. The first kappa shape index (κ1) is 6.42. The monoisotopic (exact) mass is 146 g/mol. The summed E-state index contributed by atoms with van der Waals surface area (Å²) in [6.07, 6.45) is 1.33. The number of hydrogen-bond acceptors (Lipinski definition) is 2. The first-order valence-electron chi connectivity index (χ1n) is 2.66. The smallest absolute Gasteiger partial charge is 0.172 e. The quantitative estimate of drug-likeness (QED) is 0.648. The lowest BCUT2D eigenvalue weighted by atomic mass is 10.6. The lowest BCUT2D eigenvalue weighted by molar-refractivity contribution is 0.474. The Bertz CT molecular complexity index is 209. The van der Waals surface area contributed by atoms with Gasteiger partial charge in [-0.15, -0.1) is 0 Å². The Morgan fingerprint density at radius 3 is 2.78 bits per heavy atom. The maximum absolute atomic E-state index is 8.86. The van der Waals surface area contributed by atoms with E-state index in [1.165, 1.54) is 10.9 Å². The van der Waals surface area contributed by atoms with E-state index in [9.17, 15) is 0 Å². The Balaban J connectivity index is 3.04. The van der Waals surface area contributed by atoms with E-state index in [2.05, 4.69) is 5.10 Å². The van der Waals surface area contributed by atoms with Crippen molar-refractivity contribution in [2.45, 2.75) is 13.5 Å². The number of aryl methyl sites for hydroxylation is 1. The van der Waals surface area contributed by atoms with E-state index in [1.54, 1.807) is 0 Å². The largest absolute Gasteiger partial charge is 0.504 e. The van der Waals surface area contributed by atoms with E-state index in [1.807, 2.05) is 6.92 Å². The van der Waals surface area contributed by atoms with Crippen LogP contribution >= 0.6 is 11.6 Å². The summed E-state index contributed by atoms with van der Waals surface area (Å²) in [4.78, 5) is 0. The number of nitrogens with zero attached hydrogens (tertiary/aromatic N) is 2. The van der Waals surface area contributed by atoms with Crippen LogP contribution in [-0.2, 0) is 6.54 Å². The summed E-state index contributed by atoms with van der Waals surface area (Å²) in [7, 11) is 0. The summed E-state index contributed by atoms with van der Waals surface area (Å²) in [6.45, 7) is 2.58. The Morgan fingerprint density at radius 1 is 1.89 bits per heavy atom. The van der Waals surface area contributed by atoms with Crippen molar-refractivity contribution in [1.29, 1.82) is 0 Å². The van der Waals surface area contributed by atoms with Gasteiger partial charge in [0.25, 0.3) is 0 Å². The zero-order valence-corrected chi connectivity index (χ0v) is 5.76. The summed E-state index contributed by atoms with van der Waals surface area (Å²) >= 11 is 5.56. The molecule has 1 aromatic rings. The van der Waals surface area contributed by atoms with E-state index >= 15 is 0 Å². The normalized spacial score (nSPS) is 10.0. The molecule has 3 nitrogen and oxygen atoms in total. The molecule has 0 unspecified atom stereocenters. The van der Waals surface area contributed by atoms with Gasteiger partial charge < -0.3 is 5.11 Å². The Morgan fingerprint density at radius 2 is 2.56 bits per heavy atom. The second-order valence-corrected chi connectivity index (χ2v) is 1.99. The van der Waals surface area contributed by atoms with E-state index in [-0.39, 0.29) is 5.75 Å². The summed E-state index contributed by atoms with van der Waals surface area (Å²) in [6, 6.07) is 0. The van der Waals surface area contributed by atoms with E-state index < -0.39 is 0 Å². The van der Waals surface area contributed by atoms with E-state index in [0.29, 0.717) is 11.7 Å². The minimum Gasteiger partial charge on any atom is -0.504 e. The van der Waals surface area contributed by atoms with Gasteiger partial charge in [0.05, 0.1) is 6.20 Å². The molecular formula is C5H7ClN2O. The van der Waals surface area contributed by atoms with Crippen molar-refractivity contribution >= 4 is 11.6 Å². The number of hydrogen-bond donors (Lipinski definition) is 1. The molecule has 0 aliphatic carbocycles. The van der Waals surface area contributed by atoms with Gasteiger partial charge in [-0.1, -0.05) is 11.6 Å². The Hall–Kier alpha value is -0.700. The van der Waals surface area contributed by atoms with Crippen LogP contribution in [0.1, 0.15) is 6.92 Å². The fraction of sp³-hybridized carbons (Fsp3) is 0.400. The molecule has 0 saturated carbocycles. The summed E-state index contributed by atoms with van der Waals surface area (Å²) in [5.41, 5.74) is 0. The number of aromatic hydroxyl groups is 1. The van der Waals surface area contributed by atoms with Crippen molar-refractivity contribution < 1.29 is 5.11 Å². The summed E-state index contributed by atoms with van der Waals surface area (Å²) in [5, 5.41) is 12.9. The number of rotatable bonds is 1. The van der Waals surface area contributed by atoms with Crippen LogP contribution in [0.3, 0.4) is 0 Å². The first-order valence-corrected chi connectivity index (χ1v) is 3.03. The van der Waals surface area contributed by atoms with Crippen LogP contribution in [0.5, 0.6) is 5.75 Å². The highest BCUT2D eigenvalue weighted by Gasteiger charge is 2.02. The summed E-state index contributed by atoms with van der Waals surface area (Å²) in [5.74, 6) is 0.0403. The minimum atomic E-state index is 0.0403. The van der Waals surface area contributed by atoms with Crippen molar-refractivity contribution in [1.82, 2.24) is 9.78 Å². The van der Waals surface area contributed by atoms with Crippen LogP contribution in [0.2, 0.25) is 5.15 Å². The molecule has 0 radical (unpaired) electrons. The zero-order chi connectivity index (χ0) is 6.85. The molecule has 1 rings (SSSR count). The average molecular weight is 147 g/mol. The molecule has 0 fully saturated rings. The molecule has 0 atom stereocenters. The number of halogens is 1. The second-order valence-electron chi connectivity index (χ2n) is 1.64. The topological polar surface area (TPSA) is 38.0 Å². The highest BCUT2D eigenvalue weighted by molar-refractivity contribution is 6.30. The van der Waals surface area contributed by atoms with E-state index in [4.69, 9.17) is 16.7 Å². The third-order valence-electron chi connectivity index (χ3n) is 1.06. The lowest BCUT2D eigenvalue weighted by Gasteiger charge is -1.93. The van der Waals surface area contributed by atoms with Gasteiger partial charge in [-0.25, -0.2) is 0 Å². The molecule has 0 saturated heterocycles. The van der Waals surface area contributed by atoms with Crippen LogP contribution in [0.15, 0.2) is 6.20 Å². The minimum absolute atomic E-state index is 0.0403. The van der Waals surface area contributed by atoms with Gasteiger partial charge >= 0.3 is 0 Å². The maximum Gasteiger partial charge on any atom is 0.172 e. The van der Waals surface area contributed by atoms with Gasteiger partial charge in [0.1, 0.15) is 0 Å². The summed E-state index contributed by atoms with van der Waals surface area (Å²) < 4.78 is 1.51. The molecule has 0 spiro atoms. The van der Waals surface area contributed by atoms with E-state index in [0.717, 1.165) is 0 Å². The van der Waals surface area contributed by atoms with Gasteiger partial charge in [0.15, 0.2) is 10.9 Å². The molecule has 9 heavy (non-hydrogen) atoms. The molecule has 0 aromatic carbocycles. The molecule has 1 heterocycles. The van der Waals surface area contributed by atoms with Gasteiger partial charge in [-0.3, -0.25) is 4.68 Å². The van der Waals surface area contributed by atoms with Crippen LogP contribution in [0.4, 0.5) is 0 Å². The third-order valence-corrected chi connectivity index (χ3v) is 1.45. The van der Waals surface area contributed by atoms with Gasteiger partial charge in [0, 0.05) is 6.54 Å². The highest BCUT2D eigenvalue weighted by atomic mass is 35.5. The Labute approximate surface area is 57.9 Å². The van der Waals surface area contributed by atoms with Crippen molar-refractivity contribution in [3.05, 3.63) is 11.3 Å². The molecule has 0 aliphatic heterocycles. The fourth-order valence-corrected chi connectivity index (χ4v) is 0.793. The highest BCUT2D eigenvalue weighted by Crippen LogP contribution is 2.20. The van der Waals surface area contributed by atoms with Crippen molar-refractivity contribution in [3.8, 4) is 5.75 Å². The van der Waals surface area contributed by atoms with Gasteiger partial charge in [-0.2, -0.15) is 5.10 Å². The van der Waals surface area contributed by atoms with Crippen LogP contribution in [0.25, 0.3) is 0 Å². The molecule has 4 heteroatoms. The van der Waals surface area contributed by atoms with Crippen LogP contribution in [0, 0.1) is 0 Å². The predicted octanol–water partition coefficient (Wildman–Crippen LogP) is 1.26. The lowest BCUT2D eigenvalue weighted by Crippen LogP contribution is -1.94. The second kappa shape index (κ2) is 2.27. The first-order chi connectivity index (χ1) is 4.25. The van der Waals surface area contributed by atoms with Crippen molar-refractivity contribution in [2.75, 3.05) is 0 Å². The van der Waals surface area contributed by atoms with Crippen LogP contribution in [-0.4, -0.2) is 14.9 Å². The molecule has 0 aliphatic rings. The molecule has 0 bridgehead atoms. The molecule has 1 aromatic heterocycles. The maximum atomic E-state index is 8.86. The number of aromatic nitrogens is 2. The van der Waals surface area contributed by atoms with Crippen molar-refractivity contribution in [3.63, 3.8) is 0 Å². The molecule has 1 N–H and O–H groups in total. The average Bonchev–Trinajstić information content (AvgIpc) is 2.15. The van der Waals surface area contributed by atoms with Gasteiger partial charge in [0.2, 0.25) is 0 Å². The van der Waals surface area contributed by atoms with Gasteiger partial charge in [-0.05, 0) is 6.92 Å². The third kappa shape index (κ3) is 1.00. The molecular weight excluding hydrogens is 140 g/mol. The molecule has 50 valence electrons. The fourth-order valence-electron chi connectivity index (χ4n) is 0.581. The molecule has 0 amide bonds. The Kier molecular flexibility index (Phi) is 1.62. The van der Waals surface area contributed by atoms with Crippen molar-refractivity contribution in [2.24, 2.45) is 0 Å². The standard InChI is InChI=1S/C5H7ClN2O/c1-2-8-5(6)4(9)3-7-8/h3,9H,2H2,1H3. The predicted molar refractivity (Wildman–Crippen MR) is 34.6 cm³/mol.